The lowest BCUT2D eigenvalue weighted by molar-refractivity contribution is 0.292. The molecule has 0 spiro atoms. The molecule has 0 aliphatic heterocycles. The smallest absolute Gasteiger partial charge is 0.0419 e. The fourth-order valence-electron chi connectivity index (χ4n) is 3.18. The standard InChI is InChI=1S/C15H22N2/c1-16-14(10-13-4-2-3-9-17-13)15(11-5-6-11)12-7-8-12/h2-4,9,11-12,14-16H,5-8,10H2,1H3. The Balaban J connectivity index is 1.69. The van der Waals surface area contributed by atoms with Crippen LogP contribution in [0, 0.1) is 17.8 Å². The van der Waals surface area contributed by atoms with Crippen LogP contribution >= 0.6 is 0 Å². The van der Waals surface area contributed by atoms with Crippen molar-refractivity contribution in [2.45, 2.75) is 38.1 Å². The first-order valence-corrected chi connectivity index (χ1v) is 6.95. The van der Waals surface area contributed by atoms with Crippen molar-refractivity contribution in [3.8, 4) is 0 Å². The third-order valence-corrected chi connectivity index (χ3v) is 4.32. The summed E-state index contributed by atoms with van der Waals surface area (Å²) < 4.78 is 0. The molecule has 1 N–H and O–H groups in total. The predicted molar refractivity (Wildman–Crippen MR) is 69.7 cm³/mol. The number of hydrogen-bond donors (Lipinski definition) is 1. The highest BCUT2D eigenvalue weighted by Crippen LogP contribution is 2.50. The van der Waals surface area contributed by atoms with Crippen LogP contribution in [0.1, 0.15) is 31.4 Å². The molecule has 1 atom stereocenters. The van der Waals surface area contributed by atoms with Crippen LogP contribution in [0.4, 0.5) is 0 Å². The van der Waals surface area contributed by atoms with Gasteiger partial charge in [0.1, 0.15) is 0 Å². The average molecular weight is 230 g/mol. The molecule has 1 aromatic heterocycles. The van der Waals surface area contributed by atoms with Gasteiger partial charge in [-0.3, -0.25) is 4.98 Å². The Morgan fingerprint density at radius 1 is 1.24 bits per heavy atom. The monoisotopic (exact) mass is 230 g/mol. The normalized spacial score (nSPS) is 21.8. The van der Waals surface area contributed by atoms with Crippen LogP contribution in [0.15, 0.2) is 24.4 Å². The zero-order valence-electron chi connectivity index (χ0n) is 10.6. The van der Waals surface area contributed by atoms with E-state index in [2.05, 4.69) is 29.5 Å². The minimum Gasteiger partial charge on any atom is -0.316 e. The van der Waals surface area contributed by atoms with Gasteiger partial charge in [0.05, 0.1) is 0 Å². The van der Waals surface area contributed by atoms with Crippen LogP contribution in [0.3, 0.4) is 0 Å². The molecule has 1 unspecified atom stereocenters. The minimum atomic E-state index is 0.630. The summed E-state index contributed by atoms with van der Waals surface area (Å²) in [5, 5.41) is 3.55. The lowest BCUT2D eigenvalue weighted by Crippen LogP contribution is -2.38. The summed E-state index contributed by atoms with van der Waals surface area (Å²) >= 11 is 0. The number of nitrogens with zero attached hydrogens (tertiary/aromatic N) is 1. The van der Waals surface area contributed by atoms with Crippen molar-refractivity contribution in [3.63, 3.8) is 0 Å². The zero-order chi connectivity index (χ0) is 11.7. The summed E-state index contributed by atoms with van der Waals surface area (Å²) in [7, 11) is 2.12. The summed E-state index contributed by atoms with van der Waals surface area (Å²) in [6, 6.07) is 6.88. The van der Waals surface area contributed by atoms with E-state index in [-0.39, 0.29) is 0 Å². The van der Waals surface area contributed by atoms with E-state index in [1.807, 2.05) is 12.3 Å². The summed E-state index contributed by atoms with van der Waals surface area (Å²) in [6.07, 6.45) is 8.84. The fourth-order valence-corrected chi connectivity index (χ4v) is 3.18. The first kappa shape index (κ1) is 11.2. The number of rotatable bonds is 6. The van der Waals surface area contributed by atoms with Gasteiger partial charge >= 0.3 is 0 Å². The third kappa shape index (κ3) is 2.68. The van der Waals surface area contributed by atoms with Crippen molar-refractivity contribution >= 4 is 0 Å². The molecule has 2 saturated carbocycles. The molecule has 1 aromatic rings. The van der Waals surface area contributed by atoms with Crippen LogP contribution in [0.5, 0.6) is 0 Å². The maximum atomic E-state index is 4.47. The maximum absolute atomic E-state index is 4.47. The Bertz CT molecular complexity index is 342. The summed E-state index contributed by atoms with van der Waals surface area (Å²) in [5.74, 6) is 2.91. The molecule has 1 heterocycles. The molecule has 0 amide bonds. The summed E-state index contributed by atoms with van der Waals surface area (Å²) in [5.41, 5.74) is 1.23. The van der Waals surface area contributed by atoms with Crippen molar-refractivity contribution in [3.05, 3.63) is 30.1 Å². The molecule has 2 nitrogen and oxygen atoms in total. The number of aromatic nitrogens is 1. The third-order valence-electron chi connectivity index (χ3n) is 4.32. The zero-order valence-corrected chi connectivity index (χ0v) is 10.6. The van der Waals surface area contributed by atoms with Crippen molar-refractivity contribution in [2.24, 2.45) is 17.8 Å². The number of likely N-dealkylation sites (N-methyl/N-ethyl adjacent to an activating group) is 1. The van der Waals surface area contributed by atoms with E-state index in [4.69, 9.17) is 0 Å². The maximum Gasteiger partial charge on any atom is 0.0419 e. The fraction of sp³-hybridized carbons (Fsp3) is 0.667. The SMILES string of the molecule is CNC(Cc1ccccn1)C(C1CC1)C1CC1. The Morgan fingerprint density at radius 2 is 1.94 bits per heavy atom. The Labute approximate surface area is 104 Å². The van der Waals surface area contributed by atoms with Crippen LogP contribution in [-0.4, -0.2) is 18.1 Å². The molecule has 0 saturated heterocycles. The average Bonchev–Trinajstić information content (AvgIpc) is 3.24. The largest absolute Gasteiger partial charge is 0.316 e. The highest BCUT2D eigenvalue weighted by molar-refractivity contribution is 5.08. The number of nitrogens with one attached hydrogen (secondary N) is 1. The first-order chi connectivity index (χ1) is 8.38. The van der Waals surface area contributed by atoms with E-state index in [0.29, 0.717) is 6.04 Å². The van der Waals surface area contributed by atoms with E-state index in [1.165, 1.54) is 31.4 Å². The van der Waals surface area contributed by atoms with Gasteiger partial charge in [-0.2, -0.15) is 0 Å². The summed E-state index contributed by atoms with van der Waals surface area (Å²) in [6.45, 7) is 0. The van der Waals surface area contributed by atoms with Gasteiger partial charge in [0.25, 0.3) is 0 Å². The lowest BCUT2D eigenvalue weighted by atomic mass is 9.87. The van der Waals surface area contributed by atoms with E-state index in [0.717, 1.165) is 24.2 Å². The molecule has 17 heavy (non-hydrogen) atoms. The summed E-state index contributed by atoms with van der Waals surface area (Å²) in [4.78, 5) is 4.47. The van der Waals surface area contributed by atoms with E-state index >= 15 is 0 Å². The second-order valence-electron chi connectivity index (χ2n) is 5.67. The highest BCUT2D eigenvalue weighted by Gasteiger charge is 2.44. The van der Waals surface area contributed by atoms with Crippen molar-refractivity contribution in [1.29, 1.82) is 0 Å². The molecule has 0 bridgehead atoms. The molecule has 92 valence electrons. The van der Waals surface area contributed by atoms with Crippen LogP contribution in [0.2, 0.25) is 0 Å². The second-order valence-corrected chi connectivity index (χ2v) is 5.67. The Morgan fingerprint density at radius 3 is 2.41 bits per heavy atom. The van der Waals surface area contributed by atoms with Crippen molar-refractivity contribution in [1.82, 2.24) is 10.3 Å². The van der Waals surface area contributed by atoms with Gasteiger partial charge < -0.3 is 5.32 Å². The van der Waals surface area contributed by atoms with Crippen molar-refractivity contribution < 1.29 is 0 Å². The quantitative estimate of drug-likeness (QED) is 0.812. The molecular weight excluding hydrogens is 208 g/mol. The van der Waals surface area contributed by atoms with E-state index in [1.54, 1.807) is 0 Å². The molecule has 2 aliphatic rings. The van der Waals surface area contributed by atoms with Gasteiger partial charge in [-0.05, 0) is 62.6 Å². The second kappa shape index (κ2) is 4.77. The molecule has 0 radical (unpaired) electrons. The van der Waals surface area contributed by atoms with Gasteiger partial charge in [0, 0.05) is 24.4 Å². The Kier molecular flexibility index (Phi) is 3.15. The Hall–Kier alpha value is -0.890. The van der Waals surface area contributed by atoms with Crippen LogP contribution in [0.25, 0.3) is 0 Å². The van der Waals surface area contributed by atoms with Gasteiger partial charge in [0.2, 0.25) is 0 Å². The van der Waals surface area contributed by atoms with Crippen molar-refractivity contribution in [2.75, 3.05) is 7.05 Å². The highest BCUT2D eigenvalue weighted by atomic mass is 14.9. The van der Waals surface area contributed by atoms with E-state index < -0.39 is 0 Å². The molecule has 0 aromatic carbocycles. The van der Waals surface area contributed by atoms with Gasteiger partial charge in [-0.15, -0.1) is 0 Å². The molecule has 2 aliphatic carbocycles. The van der Waals surface area contributed by atoms with Crippen LogP contribution < -0.4 is 5.32 Å². The lowest BCUT2D eigenvalue weighted by Gasteiger charge is -2.26. The molecular formula is C15H22N2. The van der Waals surface area contributed by atoms with Gasteiger partial charge in [0.15, 0.2) is 0 Å². The first-order valence-electron chi connectivity index (χ1n) is 6.95. The minimum absolute atomic E-state index is 0.630. The molecule has 3 rings (SSSR count). The number of hydrogen-bond acceptors (Lipinski definition) is 2. The predicted octanol–water partition coefficient (Wildman–Crippen LogP) is 2.65. The van der Waals surface area contributed by atoms with E-state index in [9.17, 15) is 0 Å². The van der Waals surface area contributed by atoms with Gasteiger partial charge in [-0.25, -0.2) is 0 Å². The topological polar surface area (TPSA) is 24.9 Å². The van der Waals surface area contributed by atoms with Gasteiger partial charge in [-0.1, -0.05) is 6.07 Å². The molecule has 2 heteroatoms. The molecule has 2 fully saturated rings. The van der Waals surface area contributed by atoms with Crippen LogP contribution in [-0.2, 0) is 6.42 Å². The number of pyridine rings is 1.